The molecule has 1 N–H and O–H groups in total. The van der Waals surface area contributed by atoms with Crippen molar-refractivity contribution in [3.8, 4) is 5.75 Å². The first kappa shape index (κ1) is 17.3. The number of benzene rings is 1. The van der Waals surface area contributed by atoms with Crippen molar-refractivity contribution in [1.29, 1.82) is 0 Å². The third-order valence-electron chi connectivity index (χ3n) is 3.88. The van der Waals surface area contributed by atoms with Gasteiger partial charge in [-0.05, 0) is 30.7 Å². The van der Waals surface area contributed by atoms with E-state index >= 15 is 0 Å². The number of carbonyl (C=O) groups is 1. The molecule has 5 heteroatoms. The lowest BCUT2D eigenvalue weighted by molar-refractivity contribution is -0.711. The van der Waals surface area contributed by atoms with Gasteiger partial charge in [-0.3, -0.25) is 4.79 Å². The van der Waals surface area contributed by atoms with Crippen molar-refractivity contribution in [3.05, 3.63) is 52.8 Å². The minimum atomic E-state index is -0.342. The smallest absolute Gasteiger partial charge is 0.293 e. The van der Waals surface area contributed by atoms with Gasteiger partial charge in [0.1, 0.15) is 5.75 Å². The number of hydrogen-bond acceptors (Lipinski definition) is 2. The van der Waals surface area contributed by atoms with Gasteiger partial charge < -0.3 is 10.1 Å². The van der Waals surface area contributed by atoms with E-state index in [1.807, 2.05) is 30.7 Å². The summed E-state index contributed by atoms with van der Waals surface area (Å²) >= 11 is 6.01. The molecule has 1 aromatic carbocycles. The van der Waals surface area contributed by atoms with Crippen LogP contribution in [0.3, 0.4) is 0 Å². The first-order valence-electron chi connectivity index (χ1n) is 7.61. The Morgan fingerprint density at radius 3 is 2.74 bits per heavy atom. The Bertz CT molecular complexity index is 716. The van der Waals surface area contributed by atoms with Crippen molar-refractivity contribution in [1.82, 2.24) is 0 Å². The quantitative estimate of drug-likeness (QED) is 0.848. The fourth-order valence-electron chi connectivity index (χ4n) is 2.40. The summed E-state index contributed by atoms with van der Waals surface area (Å²) in [5.41, 5.74) is 2.79. The van der Waals surface area contributed by atoms with Gasteiger partial charge in [-0.15, -0.1) is 0 Å². The summed E-state index contributed by atoms with van der Waals surface area (Å²) in [4.78, 5) is 12.6. The van der Waals surface area contributed by atoms with E-state index in [2.05, 4.69) is 18.3 Å². The fourth-order valence-corrected chi connectivity index (χ4v) is 2.58. The minimum absolute atomic E-state index is 0.119. The monoisotopic (exact) mass is 333 g/mol. The molecule has 1 atom stereocenters. The maximum atomic E-state index is 12.6. The van der Waals surface area contributed by atoms with E-state index in [4.69, 9.17) is 16.3 Å². The van der Waals surface area contributed by atoms with E-state index < -0.39 is 0 Å². The number of methoxy groups -OCH3 is 1. The highest BCUT2D eigenvalue weighted by atomic mass is 35.5. The summed E-state index contributed by atoms with van der Waals surface area (Å²) in [6, 6.07) is 8.91. The van der Waals surface area contributed by atoms with Crippen LogP contribution in [0.25, 0.3) is 0 Å². The molecule has 0 bridgehead atoms. The molecule has 2 rings (SSSR count). The lowest BCUT2D eigenvalue weighted by Crippen LogP contribution is -2.47. The molecular weight excluding hydrogens is 312 g/mol. The molecule has 1 amide bonds. The van der Waals surface area contributed by atoms with Crippen molar-refractivity contribution in [3.63, 3.8) is 0 Å². The number of nitrogens with zero attached hydrogens (tertiary/aromatic N) is 1. The zero-order valence-electron chi connectivity index (χ0n) is 13.9. The largest absolute Gasteiger partial charge is 0.495 e. The second kappa shape index (κ2) is 7.47. The second-order valence-corrected chi connectivity index (χ2v) is 5.89. The number of aromatic nitrogens is 1. The molecule has 0 fully saturated rings. The number of nitrogens with one attached hydrogen (secondary N) is 1. The maximum absolute atomic E-state index is 12.6. The van der Waals surface area contributed by atoms with Crippen LogP contribution in [0.15, 0.2) is 36.5 Å². The molecule has 0 aliphatic heterocycles. The highest BCUT2D eigenvalue weighted by molar-refractivity contribution is 6.31. The maximum Gasteiger partial charge on any atom is 0.293 e. The second-order valence-electron chi connectivity index (χ2n) is 5.45. The Morgan fingerprint density at radius 1 is 1.35 bits per heavy atom. The predicted octanol–water partition coefficient (Wildman–Crippen LogP) is 3.71. The van der Waals surface area contributed by atoms with Crippen molar-refractivity contribution < 1.29 is 14.1 Å². The summed E-state index contributed by atoms with van der Waals surface area (Å²) in [6.45, 7) is 5.96. The zero-order chi connectivity index (χ0) is 17.0. The molecular formula is C18H22ClN2O2+. The van der Waals surface area contributed by atoms with Gasteiger partial charge in [0.15, 0.2) is 11.9 Å². The summed E-state index contributed by atoms with van der Waals surface area (Å²) < 4.78 is 7.24. The van der Waals surface area contributed by atoms with E-state index in [0.29, 0.717) is 16.5 Å². The number of rotatable bonds is 5. The summed E-state index contributed by atoms with van der Waals surface area (Å²) in [6.07, 6.45) is 2.95. The van der Waals surface area contributed by atoms with Crippen LogP contribution in [0.5, 0.6) is 5.75 Å². The normalized spacial score (nSPS) is 11.9. The van der Waals surface area contributed by atoms with Crippen LogP contribution in [0.4, 0.5) is 5.69 Å². The molecule has 0 aliphatic rings. The van der Waals surface area contributed by atoms with Crippen LogP contribution < -0.4 is 14.6 Å². The average molecular weight is 334 g/mol. The molecule has 0 aliphatic carbocycles. The molecule has 23 heavy (non-hydrogen) atoms. The van der Waals surface area contributed by atoms with Crippen LogP contribution >= 0.6 is 11.6 Å². The predicted molar refractivity (Wildman–Crippen MR) is 92.1 cm³/mol. The Morgan fingerprint density at radius 2 is 2.09 bits per heavy atom. The molecule has 0 saturated heterocycles. The lowest BCUT2D eigenvalue weighted by atomic mass is 10.1. The molecule has 122 valence electrons. The van der Waals surface area contributed by atoms with Crippen LogP contribution in [-0.4, -0.2) is 13.0 Å². The first-order valence-corrected chi connectivity index (χ1v) is 7.99. The third-order valence-corrected chi connectivity index (χ3v) is 4.11. The van der Waals surface area contributed by atoms with E-state index in [0.717, 1.165) is 12.1 Å². The molecule has 4 nitrogen and oxygen atoms in total. The summed E-state index contributed by atoms with van der Waals surface area (Å²) in [7, 11) is 1.56. The SMILES string of the molecule is CCc1ccc(C)[n+]([C@@H](C)C(=O)Nc2cc(Cl)ccc2OC)c1. The van der Waals surface area contributed by atoms with Gasteiger partial charge in [0.25, 0.3) is 5.91 Å². The number of ether oxygens (including phenoxy) is 1. The van der Waals surface area contributed by atoms with Gasteiger partial charge in [-0.25, -0.2) is 0 Å². The molecule has 2 aromatic rings. The van der Waals surface area contributed by atoms with Crippen LogP contribution in [0, 0.1) is 6.92 Å². The van der Waals surface area contributed by atoms with Crippen LogP contribution in [0.1, 0.15) is 31.1 Å². The number of anilines is 1. The van der Waals surface area contributed by atoms with Crippen molar-refractivity contribution in [2.75, 3.05) is 12.4 Å². The zero-order valence-corrected chi connectivity index (χ0v) is 14.6. The van der Waals surface area contributed by atoms with Gasteiger partial charge >= 0.3 is 0 Å². The van der Waals surface area contributed by atoms with Crippen LogP contribution in [0.2, 0.25) is 5.02 Å². The van der Waals surface area contributed by atoms with Crippen molar-refractivity contribution >= 4 is 23.2 Å². The van der Waals surface area contributed by atoms with E-state index in [9.17, 15) is 4.79 Å². The molecule has 0 unspecified atom stereocenters. The van der Waals surface area contributed by atoms with Gasteiger partial charge in [0.05, 0.1) is 12.8 Å². The minimum Gasteiger partial charge on any atom is -0.495 e. The Labute approximate surface area is 142 Å². The molecule has 1 heterocycles. The van der Waals surface area contributed by atoms with Crippen molar-refractivity contribution in [2.24, 2.45) is 0 Å². The van der Waals surface area contributed by atoms with Crippen molar-refractivity contribution in [2.45, 2.75) is 33.2 Å². The molecule has 0 radical (unpaired) electrons. The Hall–Kier alpha value is -2.07. The number of pyridine rings is 1. The average Bonchev–Trinajstić information content (AvgIpc) is 2.55. The van der Waals surface area contributed by atoms with Gasteiger partial charge in [-0.2, -0.15) is 4.57 Å². The first-order chi connectivity index (χ1) is 11.0. The van der Waals surface area contributed by atoms with E-state index in [1.54, 1.807) is 25.3 Å². The number of hydrogen-bond donors (Lipinski definition) is 1. The number of amides is 1. The number of carbonyl (C=O) groups excluding carboxylic acids is 1. The number of halogens is 1. The highest BCUT2D eigenvalue weighted by Gasteiger charge is 2.25. The highest BCUT2D eigenvalue weighted by Crippen LogP contribution is 2.28. The van der Waals surface area contributed by atoms with E-state index in [-0.39, 0.29) is 11.9 Å². The third kappa shape index (κ3) is 4.02. The molecule has 1 aromatic heterocycles. The van der Waals surface area contributed by atoms with E-state index in [1.165, 1.54) is 5.56 Å². The molecule has 0 spiro atoms. The van der Waals surface area contributed by atoms with Crippen LogP contribution in [-0.2, 0) is 11.2 Å². The Kier molecular flexibility index (Phi) is 5.61. The fraction of sp³-hybridized carbons (Fsp3) is 0.333. The summed E-state index contributed by atoms with van der Waals surface area (Å²) in [5, 5.41) is 3.44. The van der Waals surface area contributed by atoms with Gasteiger partial charge in [0.2, 0.25) is 6.04 Å². The lowest BCUT2D eigenvalue weighted by Gasteiger charge is -2.13. The standard InChI is InChI=1S/C18H21ClN2O2/c1-5-14-7-6-12(2)21(11-14)13(3)18(22)20-16-10-15(19)8-9-17(16)23-4/h6-11,13H,5H2,1-4H3/p+1/t13-/m0/s1. The summed E-state index contributed by atoms with van der Waals surface area (Å²) in [5.74, 6) is 0.464. The Balaban J connectivity index is 2.25. The topological polar surface area (TPSA) is 42.2 Å². The number of aryl methyl sites for hydroxylation is 2. The van der Waals surface area contributed by atoms with Gasteiger partial charge in [-0.1, -0.05) is 18.5 Å². The van der Waals surface area contributed by atoms with Gasteiger partial charge in [0, 0.05) is 30.5 Å². The molecule has 0 saturated carbocycles.